The van der Waals surface area contributed by atoms with Crippen LogP contribution in [0.3, 0.4) is 0 Å². The Morgan fingerprint density at radius 1 is 1.19 bits per heavy atom. The molecule has 16 heavy (non-hydrogen) atoms. The van der Waals surface area contributed by atoms with Crippen LogP contribution in [-0.2, 0) is 4.79 Å². The summed E-state index contributed by atoms with van der Waals surface area (Å²) in [4.78, 5) is 10.8. The van der Waals surface area contributed by atoms with Gasteiger partial charge in [0.2, 0.25) is 0 Å². The van der Waals surface area contributed by atoms with Gasteiger partial charge in [-0.2, -0.15) is 0 Å². The van der Waals surface area contributed by atoms with Crippen LogP contribution in [0.2, 0.25) is 0 Å². The Balaban J connectivity index is 2.91. The van der Waals surface area contributed by atoms with Gasteiger partial charge in [-0.3, -0.25) is 0 Å². The third kappa shape index (κ3) is 3.44. The van der Waals surface area contributed by atoms with Crippen LogP contribution >= 0.6 is 15.9 Å². The first kappa shape index (κ1) is 13.4. The lowest BCUT2D eigenvalue weighted by Crippen LogP contribution is -2.12. The van der Waals surface area contributed by atoms with Gasteiger partial charge in [-0.15, -0.1) is 0 Å². The fourth-order valence-corrected chi connectivity index (χ4v) is 2.54. The average molecular weight is 283 g/mol. The zero-order valence-electron chi connectivity index (χ0n) is 9.95. The number of hydrogen-bond donors (Lipinski definition) is 0. The third-order valence-corrected chi connectivity index (χ3v) is 3.79. The Bertz CT molecular complexity index is 314. The van der Waals surface area contributed by atoms with E-state index >= 15 is 0 Å². The molecule has 0 unspecified atom stereocenters. The molecule has 0 aliphatic heterocycles. The smallest absolute Gasteiger partial charge is 0.120 e. The van der Waals surface area contributed by atoms with Crippen molar-refractivity contribution in [2.24, 2.45) is 5.92 Å². The lowest BCUT2D eigenvalue weighted by atomic mass is 9.81. The molecule has 0 aliphatic carbocycles. The monoisotopic (exact) mass is 282 g/mol. The van der Waals surface area contributed by atoms with Gasteiger partial charge in [0.1, 0.15) is 6.29 Å². The second-order valence-electron chi connectivity index (χ2n) is 4.14. The van der Waals surface area contributed by atoms with E-state index in [4.69, 9.17) is 0 Å². The van der Waals surface area contributed by atoms with Crippen molar-refractivity contribution in [3.8, 4) is 0 Å². The van der Waals surface area contributed by atoms with E-state index in [0.717, 1.165) is 23.6 Å². The van der Waals surface area contributed by atoms with Crippen molar-refractivity contribution in [3.63, 3.8) is 0 Å². The molecule has 0 saturated heterocycles. The van der Waals surface area contributed by atoms with Gasteiger partial charge in [0.15, 0.2) is 0 Å². The van der Waals surface area contributed by atoms with Crippen LogP contribution in [0.25, 0.3) is 0 Å². The zero-order chi connectivity index (χ0) is 12.0. The van der Waals surface area contributed by atoms with Crippen molar-refractivity contribution in [1.82, 2.24) is 0 Å². The van der Waals surface area contributed by atoms with E-state index < -0.39 is 0 Å². The number of hydrogen-bond acceptors (Lipinski definition) is 1. The molecule has 0 radical (unpaired) electrons. The summed E-state index contributed by atoms with van der Waals surface area (Å²) in [6.07, 6.45) is 3.94. The first-order valence-corrected chi connectivity index (χ1v) is 6.71. The summed E-state index contributed by atoms with van der Waals surface area (Å²) in [5, 5.41) is 0. The van der Waals surface area contributed by atoms with Crippen molar-refractivity contribution in [3.05, 3.63) is 34.3 Å². The van der Waals surface area contributed by atoms with Crippen LogP contribution in [0, 0.1) is 5.92 Å². The maximum absolute atomic E-state index is 10.8. The van der Waals surface area contributed by atoms with Gasteiger partial charge in [-0.25, -0.2) is 0 Å². The molecule has 0 fully saturated rings. The number of aldehydes is 1. The molecule has 0 aliphatic rings. The normalized spacial score (nSPS) is 12.8. The first-order chi connectivity index (χ1) is 7.72. The second-order valence-corrected chi connectivity index (χ2v) is 5.05. The molecule has 1 nitrogen and oxygen atoms in total. The zero-order valence-corrected chi connectivity index (χ0v) is 11.5. The Morgan fingerprint density at radius 2 is 1.75 bits per heavy atom. The predicted molar refractivity (Wildman–Crippen MR) is 71.6 cm³/mol. The molecule has 1 rings (SSSR count). The summed E-state index contributed by atoms with van der Waals surface area (Å²) >= 11 is 3.44. The summed E-state index contributed by atoms with van der Waals surface area (Å²) in [7, 11) is 0. The van der Waals surface area contributed by atoms with E-state index in [1.165, 1.54) is 5.56 Å². The van der Waals surface area contributed by atoms with Gasteiger partial charge in [-0.1, -0.05) is 54.8 Å². The molecule has 0 bridgehead atoms. The SMILES string of the molecule is CCC(CC)[C@@H](CC=O)c1ccc(Br)cc1. The van der Waals surface area contributed by atoms with Crippen LogP contribution in [0.15, 0.2) is 28.7 Å². The molecule has 0 spiro atoms. The van der Waals surface area contributed by atoms with E-state index in [1.54, 1.807) is 0 Å². The van der Waals surface area contributed by atoms with Crippen molar-refractivity contribution in [1.29, 1.82) is 0 Å². The van der Waals surface area contributed by atoms with Crippen molar-refractivity contribution in [2.75, 3.05) is 0 Å². The average Bonchev–Trinajstić information content (AvgIpc) is 2.31. The quantitative estimate of drug-likeness (QED) is 0.699. The first-order valence-electron chi connectivity index (χ1n) is 5.92. The summed E-state index contributed by atoms with van der Waals surface area (Å²) < 4.78 is 1.09. The molecule has 0 N–H and O–H groups in total. The highest BCUT2D eigenvalue weighted by Crippen LogP contribution is 2.32. The Morgan fingerprint density at radius 3 is 2.19 bits per heavy atom. The highest BCUT2D eigenvalue weighted by molar-refractivity contribution is 9.10. The summed E-state index contributed by atoms with van der Waals surface area (Å²) in [5.41, 5.74) is 1.28. The lowest BCUT2D eigenvalue weighted by Gasteiger charge is -2.24. The molecule has 0 saturated carbocycles. The van der Waals surface area contributed by atoms with Crippen molar-refractivity contribution in [2.45, 2.75) is 39.0 Å². The lowest BCUT2D eigenvalue weighted by molar-refractivity contribution is -0.108. The van der Waals surface area contributed by atoms with Crippen LogP contribution in [0.4, 0.5) is 0 Å². The molecule has 88 valence electrons. The maximum Gasteiger partial charge on any atom is 0.120 e. The van der Waals surface area contributed by atoms with Crippen LogP contribution in [0.5, 0.6) is 0 Å². The summed E-state index contributed by atoms with van der Waals surface area (Å²) in [5.74, 6) is 0.979. The number of carbonyl (C=O) groups excluding carboxylic acids is 1. The molecule has 1 atom stereocenters. The predicted octanol–water partition coefficient (Wildman–Crippen LogP) is 4.56. The molecular formula is C14H19BrO. The van der Waals surface area contributed by atoms with Crippen LogP contribution in [0.1, 0.15) is 44.6 Å². The largest absolute Gasteiger partial charge is 0.303 e. The number of halogens is 1. The van der Waals surface area contributed by atoms with Gasteiger partial charge in [0.25, 0.3) is 0 Å². The number of benzene rings is 1. The van der Waals surface area contributed by atoms with E-state index in [-0.39, 0.29) is 0 Å². The molecule has 0 amide bonds. The molecule has 1 aromatic rings. The van der Waals surface area contributed by atoms with E-state index in [9.17, 15) is 4.79 Å². The topological polar surface area (TPSA) is 17.1 Å². The second kappa shape index (κ2) is 6.85. The van der Waals surface area contributed by atoms with Gasteiger partial charge >= 0.3 is 0 Å². The van der Waals surface area contributed by atoms with Gasteiger partial charge in [0.05, 0.1) is 0 Å². The molecule has 2 heteroatoms. The van der Waals surface area contributed by atoms with Crippen LogP contribution in [-0.4, -0.2) is 6.29 Å². The van der Waals surface area contributed by atoms with Crippen molar-refractivity contribution < 1.29 is 4.79 Å². The Labute approximate surface area is 106 Å². The molecule has 1 aromatic carbocycles. The minimum absolute atomic E-state index is 0.376. The summed E-state index contributed by atoms with van der Waals surface area (Å²) in [6, 6.07) is 8.35. The highest BCUT2D eigenvalue weighted by atomic mass is 79.9. The van der Waals surface area contributed by atoms with E-state index in [2.05, 4.69) is 54.0 Å². The van der Waals surface area contributed by atoms with Crippen LogP contribution < -0.4 is 0 Å². The third-order valence-electron chi connectivity index (χ3n) is 3.27. The Hall–Kier alpha value is -0.630. The molecule has 0 aromatic heterocycles. The fraction of sp³-hybridized carbons (Fsp3) is 0.500. The highest BCUT2D eigenvalue weighted by Gasteiger charge is 2.19. The van der Waals surface area contributed by atoms with Crippen molar-refractivity contribution >= 4 is 22.2 Å². The fourth-order valence-electron chi connectivity index (χ4n) is 2.27. The minimum atomic E-state index is 0.376. The molecular weight excluding hydrogens is 264 g/mol. The minimum Gasteiger partial charge on any atom is -0.303 e. The Kier molecular flexibility index (Phi) is 5.75. The molecule has 0 heterocycles. The standard InChI is InChI=1S/C14H19BrO/c1-3-11(4-2)14(9-10-16)12-5-7-13(15)8-6-12/h5-8,10-11,14H,3-4,9H2,1-2H3/t14-/m1/s1. The van der Waals surface area contributed by atoms with Gasteiger partial charge in [-0.05, 0) is 29.5 Å². The van der Waals surface area contributed by atoms with Gasteiger partial charge < -0.3 is 4.79 Å². The maximum atomic E-state index is 10.8. The van der Waals surface area contributed by atoms with E-state index in [0.29, 0.717) is 18.3 Å². The van der Waals surface area contributed by atoms with E-state index in [1.807, 2.05) is 0 Å². The number of rotatable bonds is 6. The van der Waals surface area contributed by atoms with Gasteiger partial charge in [0, 0.05) is 10.9 Å². The number of carbonyl (C=O) groups is 1. The summed E-state index contributed by atoms with van der Waals surface area (Å²) in [6.45, 7) is 4.40.